The molecule has 1 aromatic heterocycles. The molecule has 1 heterocycles. The third-order valence-electron chi connectivity index (χ3n) is 4.01. The monoisotopic (exact) mass is 369 g/mol. The van der Waals surface area contributed by atoms with Crippen molar-refractivity contribution in [3.63, 3.8) is 0 Å². The van der Waals surface area contributed by atoms with E-state index in [2.05, 4.69) is 5.10 Å². The van der Waals surface area contributed by atoms with Crippen LogP contribution in [0.15, 0.2) is 60.8 Å². The van der Waals surface area contributed by atoms with Gasteiger partial charge in [-0.1, -0.05) is 12.1 Å². The standard InChI is InChI=1S/C20H20FN3O3/c1-23(13-14-27-19-6-4-3-5-17(19)21)20(25)18-11-12-24(22-18)15-7-9-16(26-2)10-8-15/h3-12H,13-14H2,1-2H3. The van der Waals surface area contributed by atoms with Crippen LogP contribution in [0, 0.1) is 5.82 Å². The maximum Gasteiger partial charge on any atom is 0.274 e. The van der Waals surface area contributed by atoms with E-state index < -0.39 is 5.82 Å². The third kappa shape index (κ3) is 4.44. The van der Waals surface area contributed by atoms with Gasteiger partial charge in [0.1, 0.15) is 12.4 Å². The van der Waals surface area contributed by atoms with Crippen molar-refractivity contribution in [2.75, 3.05) is 27.3 Å². The molecule has 0 N–H and O–H groups in total. The Bertz CT molecular complexity index is 909. The van der Waals surface area contributed by atoms with E-state index in [1.807, 2.05) is 24.3 Å². The van der Waals surface area contributed by atoms with E-state index in [4.69, 9.17) is 9.47 Å². The number of aromatic nitrogens is 2. The topological polar surface area (TPSA) is 56.6 Å². The highest BCUT2D eigenvalue weighted by molar-refractivity contribution is 5.92. The number of carbonyl (C=O) groups excluding carboxylic acids is 1. The van der Waals surface area contributed by atoms with Crippen LogP contribution < -0.4 is 9.47 Å². The van der Waals surface area contributed by atoms with Crippen molar-refractivity contribution in [1.29, 1.82) is 0 Å². The lowest BCUT2D eigenvalue weighted by atomic mass is 10.3. The summed E-state index contributed by atoms with van der Waals surface area (Å²) in [7, 11) is 3.25. The molecule has 27 heavy (non-hydrogen) atoms. The maximum atomic E-state index is 13.5. The van der Waals surface area contributed by atoms with Gasteiger partial charge in [0.15, 0.2) is 17.3 Å². The van der Waals surface area contributed by atoms with Crippen LogP contribution in [0.2, 0.25) is 0 Å². The van der Waals surface area contributed by atoms with Crippen molar-refractivity contribution in [3.8, 4) is 17.2 Å². The average Bonchev–Trinajstić information content (AvgIpc) is 3.19. The van der Waals surface area contributed by atoms with Gasteiger partial charge in [-0.05, 0) is 42.5 Å². The molecule has 0 bridgehead atoms. The van der Waals surface area contributed by atoms with Crippen molar-refractivity contribution in [3.05, 3.63) is 72.3 Å². The molecule has 0 atom stereocenters. The minimum absolute atomic E-state index is 0.169. The highest BCUT2D eigenvalue weighted by atomic mass is 19.1. The van der Waals surface area contributed by atoms with Gasteiger partial charge in [0, 0.05) is 13.2 Å². The summed E-state index contributed by atoms with van der Waals surface area (Å²) in [6, 6.07) is 15.2. The number of halogens is 1. The first-order valence-electron chi connectivity index (χ1n) is 8.41. The molecule has 140 valence electrons. The Labute approximate surface area is 156 Å². The van der Waals surface area contributed by atoms with Gasteiger partial charge in [-0.25, -0.2) is 9.07 Å². The fourth-order valence-electron chi connectivity index (χ4n) is 2.47. The van der Waals surface area contributed by atoms with E-state index in [-0.39, 0.29) is 18.3 Å². The Hall–Kier alpha value is -3.35. The molecule has 1 amide bonds. The molecule has 0 saturated heterocycles. The van der Waals surface area contributed by atoms with E-state index in [9.17, 15) is 9.18 Å². The highest BCUT2D eigenvalue weighted by Crippen LogP contribution is 2.16. The number of ether oxygens (including phenoxy) is 2. The van der Waals surface area contributed by atoms with Crippen LogP contribution in [-0.4, -0.2) is 47.9 Å². The van der Waals surface area contributed by atoms with Crippen LogP contribution in [0.1, 0.15) is 10.5 Å². The molecule has 3 rings (SSSR count). The van der Waals surface area contributed by atoms with Gasteiger partial charge < -0.3 is 14.4 Å². The second-order valence-corrected chi connectivity index (χ2v) is 5.85. The Morgan fingerprint density at radius 2 is 1.89 bits per heavy atom. The third-order valence-corrected chi connectivity index (χ3v) is 4.01. The molecular weight excluding hydrogens is 349 g/mol. The van der Waals surface area contributed by atoms with Gasteiger partial charge >= 0.3 is 0 Å². The van der Waals surface area contributed by atoms with Crippen molar-refractivity contribution in [1.82, 2.24) is 14.7 Å². The van der Waals surface area contributed by atoms with Gasteiger partial charge in [-0.2, -0.15) is 5.10 Å². The number of rotatable bonds is 7. The highest BCUT2D eigenvalue weighted by Gasteiger charge is 2.15. The zero-order valence-corrected chi connectivity index (χ0v) is 15.1. The fourth-order valence-corrected chi connectivity index (χ4v) is 2.47. The first kappa shape index (κ1) is 18.4. The second-order valence-electron chi connectivity index (χ2n) is 5.85. The molecule has 0 unspecified atom stereocenters. The van der Waals surface area contributed by atoms with Crippen LogP contribution in [-0.2, 0) is 0 Å². The largest absolute Gasteiger partial charge is 0.497 e. The van der Waals surface area contributed by atoms with Gasteiger partial charge in [-0.15, -0.1) is 0 Å². The Kier molecular flexibility index (Phi) is 5.71. The smallest absolute Gasteiger partial charge is 0.274 e. The minimum Gasteiger partial charge on any atom is -0.497 e. The van der Waals surface area contributed by atoms with Crippen molar-refractivity contribution in [2.24, 2.45) is 0 Å². The molecular formula is C20H20FN3O3. The molecule has 0 aliphatic rings. The average molecular weight is 369 g/mol. The quantitative estimate of drug-likeness (QED) is 0.642. The number of para-hydroxylation sites is 1. The summed E-state index contributed by atoms with van der Waals surface area (Å²) in [6.45, 7) is 0.491. The summed E-state index contributed by atoms with van der Waals surface area (Å²) in [6.07, 6.45) is 1.72. The number of nitrogens with zero attached hydrogens (tertiary/aromatic N) is 3. The molecule has 0 radical (unpaired) electrons. The summed E-state index contributed by atoms with van der Waals surface area (Å²) >= 11 is 0. The van der Waals surface area contributed by atoms with Gasteiger partial charge in [0.25, 0.3) is 5.91 Å². The lowest BCUT2D eigenvalue weighted by molar-refractivity contribution is 0.0766. The molecule has 0 aliphatic heterocycles. The summed E-state index contributed by atoms with van der Waals surface area (Å²) < 4.78 is 25.7. The number of carbonyl (C=O) groups is 1. The Morgan fingerprint density at radius 3 is 2.59 bits per heavy atom. The SMILES string of the molecule is COc1ccc(-n2ccc(C(=O)N(C)CCOc3ccccc3F)n2)cc1. The number of amides is 1. The van der Waals surface area contributed by atoms with Crippen molar-refractivity contribution >= 4 is 5.91 Å². The minimum atomic E-state index is -0.426. The van der Waals surface area contributed by atoms with E-state index >= 15 is 0 Å². The van der Waals surface area contributed by atoms with E-state index in [1.54, 1.807) is 49.3 Å². The molecule has 0 fully saturated rings. The molecule has 0 saturated carbocycles. The first-order chi connectivity index (χ1) is 13.1. The number of likely N-dealkylation sites (N-methyl/N-ethyl adjacent to an activating group) is 1. The zero-order chi connectivity index (χ0) is 19.2. The lowest BCUT2D eigenvalue weighted by Crippen LogP contribution is -2.31. The normalized spacial score (nSPS) is 10.5. The van der Waals surface area contributed by atoms with Gasteiger partial charge in [0.2, 0.25) is 0 Å². The summed E-state index contributed by atoms with van der Waals surface area (Å²) in [5.41, 5.74) is 1.14. The first-order valence-corrected chi connectivity index (χ1v) is 8.41. The maximum absolute atomic E-state index is 13.5. The molecule has 7 heteroatoms. The number of hydrogen-bond acceptors (Lipinski definition) is 4. The van der Waals surface area contributed by atoms with E-state index in [1.165, 1.54) is 11.0 Å². The zero-order valence-electron chi connectivity index (χ0n) is 15.1. The van der Waals surface area contributed by atoms with Crippen LogP contribution in [0.4, 0.5) is 4.39 Å². The summed E-state index contributed by atoms with van der Waals surface area (Å²) in [4.78, 5) is 14.0. The van der Waals surface area contributed by atoms with Crippen LogP contribution >= 0.6 is 0 Å². The van der Waals surface area contributed by atoms with Crippen molar-refractivity contribution in [2.45, 2.75) is 0 Å². The lowest BCUT2D eigenvalue weighted by Gasteiger charge is -2.16. The fraction of sp³-hybridized carbons (Fsp3) is 0.200. The molecule has 2 aromatic carbocycles. The number of methoxy groups -OCH3 is 1. The molecule has 3 aromatic rings. The van der Waals surface area contributed by atoms with Gasteiger partial charge in [0.05, 0.1) is 19.3 Å². The summed E-state index contributed by atoms with van der Waals surface area (Å²) in [5.74, 6) is 0.253. The molecule has 0 spiro atoms. The van der Waals surface area contributed by atoms with Crippen LogP contribution in [0.5, 0.6) is 11.5 Å². The Balaban J connectivity index is 1.58. The van der Waals surface area contributed by atoms with Crippen LogP contribution in [0.25, 0.3) is 5.69 Å². The van der Waals surface area contributed by atoms with Gasteiger partial charge in [-0.3, -0.25) is 4.79 Å². The number of benzene rings is 2. The van der Waals surface area contributed by atoms with E-state index in [0.717, 1.165) is 11.4 Å². The molecule has 6 nitrogen and oxygen atoms in total. The summed E-state index contributed by atoms with van der Waals surface area (Å²) in [5, 5.41) is 4.32. The van der Waals surface area contributed by atoms with E-state index in [0.29, 0.717) is 12.2 Å². The molecule has 0 aliphatic carbocycles. The predicted octanol–water partition coefficient (Wildman–Crippen LogP) is 3.17. The predicted molar refractivity (Wildman–Crippen MR) is 99.0 cm³/mol. The number of hydrogen-bond donors (Lipinski definition) is 0. The van der Waals surface area contributed by atoms with Crippen molar-refractivity contribution < 1.29 is 18.7 Å². The Morgan fingerprint density at radius 1 is 1.15 bits per heavy atom. The second kappa shape index (κ2) is 8.35. The van der Waals surface area contributed by atoms with Crippen LogP contribution in [0.3, 0.4) is 0 Å².